The molecule has 0 saturated carbocycles. The Morgan fingerprint density at radius 2 is 1.81 bits per heavy atom. The summed E-state index contributed by atoms with van der Waals surface area (Å²) in [6.07, 6.45) is 5.48. The molecule has 0 fully saturated rings. The van der Waals surface area contributed by atoms with Crippen molar-refractivity contribution in [3.8, 4) is 17.2 Å². The zero-order chi connectivity index (χ0) is 18.5. The first kappa shape index (κ1) is 17.8. The third-order valence-corrected chi connectivity index (χ3v) is 4.38. The highest BCUT2D eigenvalue weighted by Gasteiger charge is 2.21. The van der Waals surface area contributed by atoms with Gasteiger partial charge in [-0.15, -0.1) is 0 Å². The van der Waals surface area contributed by atoms with Gasteiger partial charge in [0, 0.05) is 22.9 Å². The van der Waals surface area contributed by atoms with Crippen molar-refractivity contribution in [2.75, 3.05) is 21.3 Å². The van der Waals surface area contributed by atoms with E-state index in [-0.39, 0.29) is 5.91 Å². The highest BCUT2D eigenvalue weighted by Crippen LogP contribution is 2.33. The first-order chi connectivity index (χ1) is 12.7. The molecule has 8 nitrogen and oxygen atoms in total. The lowest BCUT2D eigenvalue weighted by Crippen LogP contribution is -2.20. The second kappa shape index (κ2) is 7.90. The molecule has 8 heteroatoms. The van der Waals surface area contributed by atoms with Gasteiger partial charge < -0.3 is 14.2 Å². The number of H-pyrrole nitrogens is 1. The fourth-order valence-corrected chi connectivity index (χ4v) is 3.04. The van der Waals surface area contributed by atoms with Crippen LogP contribution in [0.15, 0.2) is 17.2 Å². The van der Waals surface area contributed by atoms with Crippen molar-refractivity contribution < 1.29 is 19.0 Å². The van der Waals surface area contributed by atoms with Crippen molar-refractivity contribution in [2.45, 2.75) is 25.7 Å². The molecule has 1 heterocycles. The van der Waals surface area contributed by atoms with Crippen LogP contribution < -0.4 is 19.6 Å². The maximum Gasteiger partial charge on any atom is 0.292 e. The topological polar surface area (TPSA) is 97.8 Å². The highest BCUT2D eigenvalue weighted by atomic mass is 16.5. The number of aromatic nitrogens is 2. The summed E-state index contributed by atoms with van der Waals surface area (Å²) in [6.45, 7) is 0. The van der Waals surface area contributed by atoms with Crippen LogP contribution in [0.3, 0.4) is 0 Å². The summed E-state index contributed by atoms with van der Waals surface area (Å²) in [6, 6.07) is 3.43. The Bertz CT molecular complexity index is 829. The number of rotatable bonds is 6. The lowest BCUT2D eigenvalue weighted by Gasteiger charge is -2.12. The lowest BCUT2D eigenvalue weighted by molar-refractivity contribution is 0.0949. The number of carbonyl (C=O) groups is 1. The molecule has 2 aromatic rings. The number of carbonyl (C=O) groups excluding carboxylic acids is 1. The van der Waals surface area contributed by atoms with Gasteiger partial charge in [0.25, 0.3) is 5.91 Å². The predicted molar refractivity (Wildman–Crippen MR) is 96.4 cm³/mol. The average molecular weight is 358 g/mol. The molecular formula is C18H22N4O4. The maximum absolute atomic E-state index is 12.4. The standard InChI is InChI=1S/C18H22N4O4/c1-24-14-9-16(26-3)15(25-2)8-11(14)10-19-22-18(23)17-12-6-4-5-7-13(12)20-21-17/h8-10H,4-7H2,1-3H3,(H,20,21)(H,22,23)/b19-10-. The zero-order valence-corrected chi connectivity index (χ0v) is 15.1. The van der Waals surface area contributed by atoms with Gasteiger partial charge in [-0.1, -0.05) is 0 Å². The number of aromatic amines is 1. The second-order valence-corrected chi connectivity index (χ2v) is 5.88. The van der Waals surface area contributed by atoms with Crippen LogP contribution >= 0.6 is 0 Å². The van der Waals surface area contributed by atoms with E-state index in [0.717, 1.165) is 36.9 Å². The number of amides is 1. The number of nitrogens with zero attached hydrogens (tertiary/aromatic N) is 2. The number of fused-ring (bicyclic) bond motifs is 1. The molecule has 0 spiro atoms. The van der Waals surface area contributed by atoms with E-state index in [1.54, 1.807) is 33.5 Å². The number of ether oxygens (including phenoxy) is 3. The summed E-state index contributed by atoms with van der Waals surface area (Å²) in [5.74, 6) is 1.31. The number of nitrogens with one attached hydrogen (secondary N) is 2. The normalized spacial score (nSPS) is 13.3. The SMILES string of the molecule is COc1cc(OC)c(OC)cc1/C=N\NC(=O)c1n[nH]c2c1CCCC2. The third-order valence-electron chi connectivity index (χ3n) is 4.38. The molecule has 0 radical (unpaired) electrons. The Balaban J connectivity index is 1.76. The van der Waals surface area contributed by atoms with Crippen LogP contribution in [0.25, 0.3) is 0 Å². The van der Waals surface area contributed by atoms with Crippen molar-refractivity contribution in [1.29, 1.82) is 0 Å². The molecule has 0 atom stereocenters. The van der Waals surface area contributed by atoms with Crippen molar-refractivity contribution >= 4 is 12.1 Å². The summed E-state index contributed by atoms with van der Waals surface area (Å²) in [7, 11) is 4.65. The molecule has 1 aromatic carbocycles. The van der Waals surface area contributed by atoms with Crippen molar-refractivity contribution in [2.24, 2.45) is 5.10 Å². The average Bonchev–Trinajstić information content (AvgIpc) is 3.11. The molecule has 0 aliphatic heterocycles. The van der Waals surface area contributed by atoms with Gasteiger partial charge >= 0.3 is 0 Å². The summed E-state index contributed by atoms with van der Waals surface area (Å²) in [4.78, 5) is 12.4. The van der Waals surface area contributed by atoms with Crippen LogP contribution in [0, 0.1) is 0 Å². The van der Waals surface area contributed by atoms with Gasteiger partial charge in [-0.2, -0.15) is 10.2 Å². The first-order valence-electron chi connectivity index (χ1n) is 8.37. The van der Waals surface area contributed by atoms with E-state index in [0.29, 0.717) is 28.5 Å². The Morgan fingerprint density at radius 3 is 2.54 bits per heavy atom. The minimum Gasteiger partial charge on any atom is -0.496 e. The molecule has 1 aliphatic rings. The van der Waals surface area contributed by atoms with E-state index in [9.17, 15) is 4.79 Å². The van der Waals surface area contributed by atoms with E-state index in [1.807, 2.05) is 0 Å². The summed E-state index contributed by atoms with van der Waals surface area (Å²) in [5, 5.41) is 11.1. The van der Waals surface area contributed by atoms with Crippen molar-refractivity contribution in [3.05, 3.63) is 34.6 Å². The molecule has 1 amide bonds. The molecular weight excluding hydrogens is 336 g/mol. The summed E-state index contributed by atoms with van der Waals surface area (Å²) in [5.41, 5.74) is 5.62. The van der Waals surface area contributed by atoms with Gasteiger partial charge in [0.05, 0.1) is 27.5 Å². The van der Waals surface area contributed by atoms with Gasteiger partial charge in [0.2, 0.25) is 0 Å². The molecule has 3 rings (SSSR count). The van der Waals surface area contributed by atoms with Crippen LogP contribution in [-0.2, 0) is 12.8 Å². The maximum atomic E-state index is 12.4. The van der Waals surface area contributed by atoms with Crippen molar-refractivity contribution in [3.63, 3.8) is 0 Å². The fraction of sp³-hybridized carbons (Fsp3) is 0.389. The number of hydrazone groups is 1. The minimum absolute atomic E-state index is 0.333. The molecule has 0 unspecified atom stereocenters. The molecule has 1 aromatic heterocycles. The Labute approximate surface area is 151 Å². The van der Waals surface area contributed by atoms with E-state index < -0.39 is 0 Å². The van der Waals surface area contributed by atoms with E-state index in [2.05, 4.69) is 20.7 Å². The van der Waals surface area contributed by atoms with Crippen LogP contribution in [0.5, 0.6) is 17.2 Å². The summed E-state index contributed by atoms with van der Waals surface area (Å²) < 4.78 is 15.9. The number of aryl methyl sites for hydroxylation is 1. The van der Waals surface area contributed by atoms with Gasteiger partial charge in [-0.25, -0.2) is 5.43 Å². The predicted octanol–water partition coefficient (Wildman–Crippen LogP) is 2.08. The van der Waals surface area contributed by atoms with Gasteiger partial charge in [-0.3, -0.25) is 9.89 Å². The quantitative estimate of drug-likeness (QED) is 0.609. The van der Waals surface area contributed by atoms with Gasteiger partial charge in [0.1, 0.15) is 5.75 Å². The number of hydrogen-bond acceptors (Lipinski definition) is 6. The van der Waals surface area contributed by atoms with Crippen LogP contribution in [0.2, 0.25) is 0 Å². The van der Waals surface area contributed by atoms with E-state index >= 15 is 0 Å². The fourth-order valence-electron chi connectivity index (χ4n) is 3.04. The lowest BCUT2D eigenvalue weighted by atomic mass is 9.96. The van der Waals surface area contributed by atoms with E-state index in [4.69, 9.17) is 14.2 Å². The molecule has 0 saturated heterocycles. The first-order valence-corrected chi connectivity index (χ1v) is 8.37. The van der Waals surface area contributed by atoms with Crippen molar-refractivity contribution in [1.82, 2.24) is 15.6 Å². The van der Waals surface area contributed by atoms with Gasteiger partial charge in [0.15, 0.2) is 17.2 Å². The number of methoxy groups -OCH3 is 3. The third kappa shape index (κ3) is 3.49. The van der Waals surface area contributed by atoms with Crippen LogP contribution in [-0.4, -0.2) is 43.6 Å². The van der Waals surface area contributed by atoms with Crippen LogP contribution in [0.4, 0.5) is 0 Å². The smallest absolute Gasteiger partial charge is 0.292 e. The largest absolute Gasteiger partial charge is 0.496 e. The zero-order valence-electron chi connectivity index (χ0n) is 15.1. The molecule has 26 heavy (non-hydrogen) atoms. The van der Waals surface area contributed by atoms with Gasteiger partial charge in [-0.05, 0) is 31.7 Å². The summed E-state index contributed by atoms with van der Waals surface area (Å²) >= 11 is 0. The molecule has 138 valence electrons. The molecule has 0 bridgehead atoms. The van der Waals surface area contributed by atoms with Crippen LogP contribution in [0.1, 0.15) is 40.2 Å². The minimum atomic E-state index is -0.333. The van der Waals surface area contributed by atoms with E-state index in [1.165, 1.54) is 6.21 Å². The Kier molecular flexibility index (Phi) is 5.40. The molecule has 2 N–H and O–H groups in total. The highest BCUT2D eigenvalue weighted by molar-refractivity contribution is 5.95. The number of hydrogen-bond donors (Lipinski definition) is 2. The number of benzene rings is 1. The molecule has 1 aliphatic carbocycles. The Hall–Kier alpha value is -3.03. The Morgan fingerprint density at radius 1 is 1.12 bits per heavy atom. The monoisotopic (exact) mass is 358 g/mol. The second-order valence-electron chi connectivity index (χ2n) is 5.88.